The molecule has 0 heterocycles. The molecule has 3 rings (SSSR count). The third kappa shape index (κ3) is 2.04. The molecule has 1 fully saturated rings. The van der Waals surface area contributed by atoms with Crippen molar-refractivity contribution in [1.29, 1.82) is 0 Å². The normalized spacial score (nSPS) is 32.9. The van der Waals surface area contributed by atoms with Gasteiger partial charge >= 0.3 is 0 Å². The Morgan fingerprint density at radius 2 is 1.94 bits per heavy atom. The molecule has 2 aliphatic carbocycles. The fourth-order valence-corrected chi connectivity index (χ4v) is 3.72. The molecular formula is C17H21N. The van der Waals surface area contributed by atoms with Crippen LogP contribution >= 0.6 is 0 Å². The molecule has 1 saturated carbocycles. The summed E-state index contributed by atoms with van der Waals surface area (Å²) in [4.78, 5) is 0. The van der Waals surface area contributed by atoms with Crippen LogP contribution in [0.1, 0.15) is 17.9 Å². The Morgan fingerprint density at radius 1 is 1.17 bits per heavy atom. The molecule has 1 N–H and O–H groups in total. The second-order valence-corrected chi connectivity index (χ2v) is 5.50. The molecule has 2 aliphatic rings. The van der Waals surface area contributed by atoms with Gasteiger partial charge in [-0.25, -0.2) is 0 Å². The lowest BCUT2D eigenvalue weighted by molar-refractivity contribution is 0.376. The van der Waals surface area contributed by atoms with Crippen molar-refractivity contribution in [2.45, 2.75) is 12.3 Å². The van der Waals surface area contributed by atoms with E-state index in [-0.39, 0.29) is 0 Å². The third-order valence-corrected chi connectivity index (χ3v) is 4.48. The molecular weight excluding hydrogens is 218 g/mol. The van der Waals surface area contributed by atoms with Gasteiger partial charge in [-0.2, -0.15) is 0 Å². The minimum atomic E-state index is 0.707. The topological polar surface area (TPSA) is 12.0 Å². The zero-order valence-electron chi connectivity index (χ0n) is 10.8. The summed E-state index contributed by atoms with van der Waals surface area (Å²) >= 11 is 0. The quantitative estimate of drug-likeness (QED) is 0.613. The van der Waals surface area contributed by atoms with Gasteiger partial charge in [-0.1, -0.05) is 48.6 Å². The first kappa shape index (κ1) is 11.7. The van der Waals surface area contributed by atoms with Crippen LogP contribution in [0.5, 0.6) is 0 Å². The first-order valence-corrected chi connectivity index (χ1v) is 6.95. The third-order valence-electron chi connectivity index (χ3n) is 4.48. The van der Waals surface area contributed by atoms with Gasteiger partial charge in [-0.3, -0.25) is 0 Å². The number of hydrogen-bond donors (Lipinski definition) is 1. The van der Waals surface area contributed by atoms with Gasteiger partial charge < -0.3 is 5.32 Å². The Hall–Kier alpha value is -1.34. The second kappa shape index (κ2) is 5.11. The predicted molar refractivity (Wildman–Crippen MR) is 76.5 cm³/mol. The van der Waals surface area contributed by atoms with Crippen LogP contribution in [0.25, 0.3) is 0 Å². The smallest absolute Gasteiger partial charge is 0.0132 e. The van der Waals surface area contributed by atoms with Crippen LogP contribution in [0.15, 0.2) is 55.1 Å². The number of hydrogen-bond acceptors (Lipinski definition) is 1. The van der Waals surface area contributed by atoms with Gasteiger partial charge in [0.25, 0.3) is 0 Å². The standard InChI is InChI=1S/C17H21N/c1-2-10-18-12-16-14-8-9-15(11-14)17(16)13-6-4-3-5-7-13/h2-9,14-18H,1,10-12H2. The minimum Gasteiger partial charge on any atom is -0.313 e. The maximum absolute atomic E-state index is 3.77. The lowest BCUT2D eigenvalue weighted by Crippen LogP contribution is -2.30. The van der Waals surface area contributed by atoms with Crippen molar-refractivity contribution in [1.82, 2.24) is 5.32 Å². The molecule has 94 valence electrons. The summed E-state index contributed by atoms with van der Waals surface area (Å²) < 4.78 is 0. The summed E-state index contributed by atoms with van der Waals surface area (Å²) in [5.41, 5.74) is 1.51. The van der Waals surface area contributed by atoms with Crippen LogP contribution in [0, 0.1) is 17.8 Å². The van der Waals surface area contributed by atoms with E-state index < -0.39 is 0 Å². The molecule has 0 amide bonds. The lowest BCUT2D eigenvalue weighted by atomic mass is 9.78. The monoisotopic (exact) mass is 239 g/mol. The fraction of sp³-hybridized carbons (Fsp3) is 0.412. The molecule has 0 saturated heterocycles. The average Bonchev–Trinajstić information content (AvgIpc) is 3.01. The molecule has 2 bridgehead atoms. The highest BCUT2D eigenvalue weighted by Gasteiger charge is 2.44. The van der Waals surface area contributed by atoms with Crippen molar-refractivity contribution in [2.24, 2.45) is 17.8 Å². The van der Waals surface area contributed by atoms with Gasteiger partial charge in [0.2, 0.25) is 0 Å². The second-order valence-electron chi connectivity index (χ2n) is 5.50. The van der Waals surface area contributed by atoms with Crippen molar-refractivity contribution >= 4 is 0 Å². The molecule has 1 nitrogen and oxygen atoms in total. The molecule has 1 heteroatoms. The summed E-state index contributed by atoms with van der Waals surface area (Å²) in [6.07, 6.45) is 8.16. The summed E-state index contributed by atoms with van der Waals surface area (Å²) in [7, 11) is 0. The van der Waals surface area contributed by atoms with Crippen molar-refractivity contribution in [3.63, 3.8) is 0 Å². The zero-order chi connectivity index (χ0) is 12.4. The SMILES string of the molecule is C=CCNCC1C2C=CC(C2)C1c1ccccc1. The Balaban J connectivity index is 1.78. The average molecular weight is 239 g/mol. The molecule has 0 aromatic heterocycles. The highest BCUT2D eigenvalue weighted by molar-refractivity contribution is 5.29. The van der Waals surface area contributed by atoms with E-state index >= 15 is 0 Å². The number of nitrogens with one attached hydrogen (secondary N) is 1. The van der Waals surface area contributed by atoms with E-state index in [1.165, 1.54) is 12.0 Å². The van der Waals surface area contributed by atoms with Crippen molar-refractivity contribution in [3.05, 3.63) is 60.7 Å². The fourth-order valence-electron chi connectivity index (χ4n) is 3.72. The summed E-state index contributed by atoms with van der Waals surface area (Å²) in [6, 6.07) is 11.0. The molecule has 0 radical (unpaired) electrons. The summed E-state index contributed by atoms with van der Waals surface area (Å²) in [6.45, 7) is 5.80. The van der Waals surface area contributed by atoms with Gasteiger partial charge in [-0.05, 0) is 42.2 Å². The molecule has 1 aromatic rings. The Morgan fingerprint density at radius 3 is 2.72 bits per heavy atom. The van der Waals surface area contributed by atoms with Crippen molar-refractivity contribution in [2.75, 3.05) is 13.1 Å². The van der Waals surface area contributed by atoms with Crippen LogP contribution in [0.4, 0.5) is 0 Å². The maximum Gasteiger partial charge on any atom is 0.0132 e. The van der Waals surface area contributed by atoms with E-state index in [4.69, 9.17) is 0 Å². The molecule has 4 atom stereocenters. The molecule has 1 aromatic carbocycles. The van der Waals surface area contributed by atoms with E-state index in [1.54, 1.807) is 0 Å². The highest BCUT2D eigenvalue weighted by atomic mass is 14.9. The van der Waals surface area contributed by atoms with E-state index in [0.29, 0.717) is 5.92 Å². The molecule has 4 unspecified atom stereocenters. The van der Waals surface area contributed by atoms with E-state index in [0.717, 1.165) is 30.8 Å². The van der Waals surface area contributed by atoms with Crippen molar-refractivity contribution in [3.8, 4) is 0 Å². The first-order chi connectivity index (χ1) is 8.90. The number of benzene rings is 1. The first-order valence-electron chi connectivity index (χ1n) is 6.95. The van der Waals surface area contributed by atoms with Crippen LogP contribution in [-0.4, -0.2) is 13.1 Å². The van der Waals surface area contributed by atoms with Crippen LogP contribution in [0.2, 0.25) is 0 Å². The predicted octanol–water partition coefficient (Wildman–Crippen LogP) is 3.37. The van der Waals surface area contributed by atoms with Crippen LogP contribution in [-0.2, 0) is 0 Å². The van der Waals surface area contributed by atoms with Gasteiger partial charge in [0.1, 0.15) is 0 Å². The summed E-state index contributed by atoms with van der Waals surface area (Å²) in [5, 5.41) is 3.51. The minimum absolute atomic E-state index is 0.707. The number of rotatable bonds is 5. The van der Waals surface area contributed by atoms with E-state index in [9.17, 15) is 0 Å². The number of allylic oxidation sites excluding steroid dienone is 2. The maximum atomic E-state index is 3.77. The Kier molecular flexibility index (Phi) is 3.33. The van der Waals surface area contributed by atoms with Gasteiger partial charge in [-0.15, -0.1) is 6.58 Å². The van der Waals surface area contributed by atoms with Gasteiger partial charge in [0, 0.05) is 6.54 Å². The highest BCUT2D eigenvalue weighted by Crippen LogP contribution is 2.52. The van der Waals surface area contributed by atoms with Gasteiger partial charge in [0.05, 0.1) is 0 Å². The molecule has 0 aliphatic heterocycles. The van der Waals surface area contributed by atoms with Crippen LogP contribution in [0.3, 0.4) is 0 Å². The van der Waals surface area contributed by atoms with Crippen LogP contribution < -0.4 is 5.32 Å². The zero-order valence-corrected chi connectivity index (χ0v) is 10.8. The van der Waals surface area contributed by atoms with E-state index in [1.807, 2.05) is 6.08 Å². The lowest BCUT2D eigenvalue weighted by Gasteiger charge is -2.28. The van der Waals surface area contributed by atoms with Gasteiger partial charge in [0.15, 0.2) is 0 Å². The van der Waals surface area contributed by atoms with E-state index in [2.05, 4.69) is 54.4 Å². The number of fused-ring (bicyclic) bond motifs is 2. The Labute approximate surface area is 110 Å². The van der Waals surface area contributed by atoms with Crippen molar-refractivity contribution < 1.29 is 0 Å². The molecule has 0 spiro atoms. The summed E-state index contributed by atoms with van der Waals surface area (Å²) in [5.74, 6) is 2.99. The largest absolute Gasteiger partial charge is 0.313 e. The Bertz CT molecular complexity index is 434. The molecule has 18 heavy (non-hydrogen) atoms.